The number of hydrogen-bond donors (Lipinski definition) is 4. The Bertz CT molecular complexity index is 2110. The standard InChI is InChI=1S/C41H40N2O8S2/c1-27-10-20-36(21-11-27)53(48,49)43-37(22-28-6-3-2-4-7-28)39(45)42-33-9-5-8-32(23-33)41-50-34(26-52-35-18-16-31(17-19-35)40(46)47)24-38(51-41)30-14-12-29(25-44)13-15-30/h2-21,23,34,37-38,41,43-44H,22,24-26H2,1H3,(H,42,45)(H,46,47)/t34-,37-,38+,41+/m1/s1. The molecule has 4 N–H and O–H groups in total. The van der Waals surface area contributed by atoms with Crippen molar-refractivity contribution in [3.63, 3.8) is 0 Å². The first-order chi connectivity index (χ1) is 25.6. The molecule has 1 amide bonds. The molecule has 0 radical (unpaired) electrons. The van der Waals surface area contributed by atoms with E-state index in [0.29, 0.717) is 23.4 Å². The third-order valence-electron chi connectivity index (χ3n) is 8.81. The molecule has 53 heavy (non-hydrogen) atoms. The molecule has 5 aromatic carbocycles. The van der Waals surface area contributed by atoms with Crippen LogP contribution in [0.25, 0.3) is 0 Å². The number of benzene rings is 5. The summed E-state index contributed by atoms with van der Waals surface area (Å²) in [5.41, 5.74) is 4.71. The number of carboxylic acids is 1. The average Bonchev–Trinajstić information content (AvgIpc) is 3.17. The minimum Gasteiger partial charge on any atom is -0.478 e. The van der Waals surface area contributed by atoms with E-state index in [1.807, 2.05) is 67.6 Å². The fourth-order valence-corrected chi connectivity index (χ4v) is 8.03. The Morgan fingerprint density at radius 2 is 1.55 bits per heavy atom. The summed E-state index contributed by atoms with van der Waals surface area (Å²) >= 11 is 1.55. The first-order valence-corrected chi connectivity index (χ1v) is 19.5. The van der Waals surface area contributed by atoms with Crippen LogP contribution in [0.4, 0.5) is 5.69 Å². The lowest BCUT2D eigenvalue weighted by atomic mass is 10.0. The number of aromatic carboxylic acids is 1. The molecule has 10 nitrogen and oxygen atoms in total. The van der Waals surface area contributed by atoms with Crippen LogP contribution in [-0.2, 0) is 37.3 Å². The summed E-state index contributed by atoms with van der Waals surface area (Å²) in [7, 11) is -4.03. The molecule has 0 spiro atoms. The minimum absolute atomic E-state index is 0.0631. The van der Waals surface area contributed by atoms with E-state index in [4.69, 9.17) is 9.47 Å². The highest BCUT2D eigenvalue weighted by atomic mass is 32.2. The first-order valence-electron chi connectivity index (χ1n) is 17.1. The molecule has 1 aliphatic rings. The number of anilines is 1. The third-order valence-corrected chi connectivity index (χ3v) is 11.4. The van der Waals surface area contributed by atoms with E-state index < -0.39 is 34.2 Å². The molecule has 0 aliphatic carbocycles. The van der Waals surface area contributed by atoms with Crippen LogP contribution in [-0.4, -0.2) is 48.4 Å². The number of amides is 1. The number of rotatable bonds is 14. The van der Waals surface area contributed by atoms with Crippen LogP contribution in [0.3, 0.4) is 0 Å². The Kier molecular flexibility index (Phi) is 12.4. The molecule has 1 fully saturated rings. The van der Waals surface area contributed by atoms with Gasteiger partial charge in [0.1, 0.15) is 6.04 Å². The maximum atomic E-state index is 13.8. The summed E-state index contributed by atoms with van der Waals surface area (Å²) in [5, 5.41) is 21.7. The molecule has 12 heteroatoms. The number of carbonyl (C=O) groups is 2. The molecule has 6 rings (SSSR count). The molecule has 0 bridgehead atoms. The van der Waals surface area contributed by atoms with Crippen molar-refractivity contribution < 1.29 is 37.7 Å². The van der Waals surface area contributed by atoms with Crippen molar-refractivity contribution in [3.8, 4) is 0 Å². The Hall–Kier alpha value is -4.82. The number of thioether (sulfide) groups is 1. The number of sulfonamides is 1. The highest BCUT2D eigenvalue weighted by Gasteiger charge is 2.33. The van der Waals surface area contributed by atoms with Crippen molar-refractivity contribution in [2.24, 2.45) is 0 Å². The molecular formula is C41H40N2O8S2. The van der Waals surface area contributed by atoms with Crippen LogP contribution < -0.4 is 10.0 Å². The molecule has 1 saturated heterocycles. The summed E-state index contributed by atoms with van der Waals surface area (Å²) in [5.74, 6) is -0.950. The van der Waals surface area contributed by atoms with Gasteiger partial charge in [0, 0.05) is 28.3 Å². The number of carboxylic acid groups (broad SMARTS) is 1. The van der Waals surface area contributed by atoms with Crippen molar-refractivity contribution in [1.29, 1.82) is 0 Å². The monoisotopic (exact) mass is 752 g/mol. The zero-order chi connectivity index (χ0) is 37.4. The molecule has 274 valence electrons. The highest BCUT2D eigenvalue weighted by molar-refractivity contribution is 7.99. The van der Waals surface area contributed by atoms with Crippen molar-refractivity contribution >= 4 is 39.3 Å². The minimum atomic E-state index is -4.03. The van der Waals surface area contributed by atoms with Gasteiger partial charge in [0.25, 0.3) is 0 Å². The summed E-state index contributed by atoms with van der Waals surface area (Å²) < 4.78 is 42.4. The van der Waals surface area contributed by atoms with Crippen LogP contribution in [0.15, 0.2) is 137 Å². The van der Waals surface area contributed by atoms with Crippen LogP contribution >= 0.6 is 11.8 Å². The predicted octanol–water partition coefficient (Wildman–Crippen LogP) is 7.05. The number of carbonyl (C=O) groups excluding carboxylic acids is 1. The maximum absolute atomic E-state index is 13.8. The topological polar surface area (TPSA) is 151 Å². The van der Waals surface area contributed by atoms with Gasteiger partial charge in [-0.25, -0.2) is 13.2 Å². The zero-order valence-electron chi connectivity index (χ0n) is 28.9. The van der Waals surface area contributed by atoms with Crippen LogP contribution in [0, 0.1) is 6.92 Å². The van der Waals surface area contributed by atoms with Crippen molar-refractivity contribution in [2.75, 3.05) is 11.1 Å². The molecule has 4 atom stereocenters. The van der Waals surface area contributed by atoms with Gasteiger partial charge in [-0.1, -0.05) is 84.4 Å². The third kappa shape index (κ3) is 10.2. The molecular weight excluding hydrogens is 713 g/mol. The summed E-state index contributed by atoms with van der Waals surface area (Å²) in [4.78, 5) is 26.1. The SMILES string of the molecule is Cc1ccc(S(=O)(=O)N[C@H](Cc2ccccc2)C(=O)Nc2cccc([C@H]3O[C@@H](CSc4ccc(C(=O)O)cc4)C[C@@H](c4ccc(CO)cc4)O3)c2)cc1. The molecule has 1 aliphatic heterocycles. The van der Waals surface area contributed by atoms with Gasteiger partial charge in [0.2, 0.25) is 15.9 Å². The predicted molar refractivity (Wildman–Crippen MR) is 203 cm³/mol. The van der Waals surface area contributed by atoms with Gasteiger partial charge in [0.05, 0.1) is 29.3 Å². The van der Waals surface area contributed by atoms with Gasteiger partial charge in [-0.3, -0.25) is 4.79 Å². The Labute approximate surface area is 313 Å². The first kappa shape index (κ1) is 37.9. The maximum Gasteiger partial charge on any atom is 0.335 e. The van der Waals surface area contributed by atoms with E-state index in [1.165, 1.54) is 12.1 Å². The van der Waals surface area contributed by atoms with Crippen molar-refractivity contribution in [1.82, 2.24) is 4.72 Å². The van der Waals surface area contributed by atoms with E-state index in [-0.39, 0.29) is 35.7 Å². The van der Waals surface area contributed by atoms with Crippen LogP contribution in [0.5, 0.6) is 0 Å². The number of nitrogens with one attached hydrogen (secondary N) is 2. The lowest BCUT2D eigenvalue weighted by Crippen LogP contribution is -2.45. The van der Waals surface area contributed by atoms with Gasteiger partial charge in [-0.05, 0) is 78.6 Å². The average molecular weight is 753 g/mol. The normalized spacial score (nSPS) is 17.9. The van der Waals surface area contributed by atoms with E-state index >= 15 is 0 Å². The second kappa shape index (κ2) is 17.3. The Morgan fingerprint density at radius 3 is 2.23 bits per heavy atom. The van der Waals surface area contributed by atoms with Gasteiger partial charge < -0.3 is 25.0 Å². The summed E-state index contributed by atoms with van der Waals surface area (Å²) in [6.07, 6.45) is -0.727. The molecule has 5 aromatic rings. The highest BCUT2D eigenvalue weighted by Crippen LogP contribution is 2.40. The van der Waals surface area contributed by atoms with Crippen molar-refractivity contribution in [2.45, 2.75) is 60.7 Å². The summed E-state index contributed by atoms with van der Waals surface area (Å²) in [6, 6.07) is 35.8. The molecule has 1 heterocycles. The van der Waals surface area contributed by atoms with Gasteiger partial charge in [0.15, 0.2) is 6.29 Å². The largest absolute Gasteiger partial charge is 0.478 e. The van der Waals surface area contributed by atoms with Gasteiger partial charge >= 0.3 is 5.97 Å². The number of aliphatic hydroxyl groups excluding tert-OH is 1. The quantitative estimate of drug-likeness (QED) is 0.0875. The molecule has 0 unspecified atom stereocenters. The van der Waals surface area contributed by atoms with Gasteiger partial charge in [-0.2, -0.15) is 4.72 Å². The zero-order valence-corrected chi connectivity index (χ0v) is 30.6. The molecule has 0 aromatic heterocycles. The second-order valence-electron chi connectivity index (χ2n) is 12.8. The number of aliphatic hydroxyl groups is 1. The van der Waals surface area contributed by atoms with E-state index in [9.17, 15) is 28.2 Å². The fraction of sp³-hybridized carbons (Fsp3) is 0.220. The van der Waals surface area contributed by atoms with Gasteiger partial charge in [-0.15, -0.1) is 11.8 Å². The fourth-order valence-electron chi connectivity index (χ4n) is 5.91. The Balaban J connectivity index is 1.21. The smallest absolute Gasteiger partial charge is 0.335 e. The number of aryl methyl sites for hydroxylation is 1. The number of ether oxygens (including phenoxy) is 2. The van der Waals surface area contributed by atoms with Crippen LogP contribution in [0.1, 0.15) is 57.0 Å². The van der Waals surface area contributed by atoms with E-state index in [1.54, 1.807) is 66.4 Å². The molecule has 0 saturated carbocycles. The summed E-state index contributed by atoms with van der Waals surface area (Å²) in [6.45, 7) is 1.79. The lowest BCUT2D eigenvalue weighted by molar-refractivity contribution is -0.245. The second-order valence-corrected chi connectivity index (χ2v) is 15.6. The van der Waals surface area contributed by atoms with E-state index in [0.717, 1.165) is 27.1 Å². The van der Waals surface area contributed by atoms with Crippen LogP contribution in [0.2, 0.25) is 0 Å². The van der Waals surface area contributed by atoms with E-state index in [2.05, 4.69) is 10.0 Å². The Morgan fingerprint density at radius 1 is 0.830 bits per heavy atom. The lowest BCUT2D eigenvalue weighted by Gasteiger charge is -2.36. The number of hydrogen-bond acceptors (Lipinski definition) is 8. The van der Waals surface area contributed by atoms with Crippen molar-refractivity contribution in [3.05, 3.63) is 161 Å².